The summed E-state index contributed by atoms with van der Waals surface area (Å²) in [5.74, 6) is -0.769. The van der Waals surface area contributed by atoms with Crippen molar-refractivity contribution in [2.75, 3.05) is 57.3 Å². The van der Waals surface area contributed by atoms with Gasteiger partial charge in [-0.2, -0.15) is 13.9 Å². The summed E-state index contributed by atoms with van der Waals surface area (Å²) >= 11 is 14.0. The largest absolute Gasteiger partial charge is 0.368 e. The van der Waals surface area contributed by atoms with Crippen molar-refractivity contribution in [3.05, 3.63) is 169 Å². The van der Waals surface area contributed by atoms with Crippen molar-refractivity contribution < 1.29 is 30.8 Å². The molecule has 2 aromatic heterocycles. The van der Waals surface area contributed by atoms with Gasteiger partial charge in [0.05, 0.1) is 24.3 Å². The van der Waals surface area contributed by atoms with Crippen molar-refractivity contribution in [1.82, 2.24) is 24.1 Å². The predicted molar refractivity (Wildman–Crippen MR) is 256 cm³/mol. The third-order valence-corrected chi connectivity index (χ3v) is 18.2. The molecule has 13 nitrogen and oxygen atoms in total. The van der Waals surface area contributed by atoms with E-state index in [1.807, 2.05) is 23.1 Å². The number of anilines is 1. The minimum Gasteiger partial charge on any atom is -0.368 e. The van der Waals surface area contributed by atoms with E-state index in [1.54, 1.807) is 91.0 Å². The van der Waals surface area contributed by atoms with Crippen molar-refractivity contribution in [3.8, 4) is 6.07 Å². The maximum Gasteiger partial charge on any atom is 0.252 e. The van der Waals surface area contributed by atoms with Crippen LogP contribution in [0, 0.1) is 17.1 Å². The van der Waals surface area contributed by atoms with Gasteiger partial charge in [0, 0.05) is 89.8 Å². The molecule has 2 saturated heterocycles. The van der Waals surface area contributed by atoms with Crippen LogP contribution in [0.15, 0.2) is 130 Å². The van der Waals surface area contributed by atoms with Gasteiger partial charge in [0.15, 0.2) is 0 Å². The SMILES string of the molecule is N#Cc1ccccc1N1CCN(S(=O)(=O)c2ccc(CNC(=O)c3ccc(Cl)cc3)s2)CC1.O=C(NCc1ccc(S(=O)(=O)N2CCN(Cc3ccc(F)cc3)CC2)s1)c1ccc(Cl)cc1. The maximum atomic E-state index is 13.1. The molecule has 20 heteroatoms. The molecule has 0 unspecified atom stereocenters. The fraction of sp³-hybridized carbons (Fsp3) is 0.239. The lowest BCUT2D eigenvalue weighted by molar-refractivity contribution is 0.0943. The fourth-order valence-electron chi connectivity index (χ4n) is 7.17. The molecule has 2 amide bonds. The van der Waals surface area contributed by atoms with Crippen molar-refractivity contribution >= 4 is 83.4 Å². The lowest BCUT2D eigenvalue weighted by Gasteiger charge is -2.35. The third-order valence-electron chi connectivity index (χ3n) is 10.8. The van der Waals surface area contributed by atoms with Gasteiger partial charge in [0.25, 0.3) is 31.9 Å². The molecule has 0 bridgehead atoms. The van der Waals surface area contributed by atoms with Gasteiger partial charge in [-0.25, -0.2) is 21.2 Å². The van der Waals surface area contributed by atoms with Crippen molar-refractivity contribution in [3.63, 3.8) is 0 Å². The molecule has 0 atom stereocenters. The fourth-order valence-corrected chi connectivity index (χ4v) is 13.2. The molecular formula is C46H44Cl2FN7O6S4. The van der Waals surface area contributed by atoms with E-state index >= 15 is 0 Å². The minimum atomic E-state index is -3.63. The predicted octanol–water partition coefficient (Wildman–Crippen LogP) is 7.69. The van der Waals surface area contributed by atoms with Crippen LogP contribution in [0.25, 0.3) is 0 Å². The Morgan fingerprint density at radius 2 is 1.06 bits per heavy atom. The molecule has 344 valence electrons. The summed E-state index contributed by atoms with van der Waals surface area (Å²) in [6, 6.07) is 35.6. The molecular weight excluding hydrogens is 965 g/mol. The van der Waals surface area contributed by atoms with Crippen LogP contribution in [-0.2, 0) is 39.7 Å². The number of rotatable bonds is 13. The van der Waals surface area contributed by atoms with E-state index in [0.29, 0.717) is 85.6 Å². The summed E-state index contributed by atoms with van der Waals surface area (Å²) in [6.45, 7) is 4.82. The van der Waals surface area contributed by atoms with Gasteiger partial charge in [-0.1, -0.05) is 47.5 Å². The Labute approximate surface area is 401 Å². The Hall–Kier alpha value is -5.20. The number of amides is 2. The highest BCUT2D eigenvalue weighted by molar-refractivity contribution is 7.91. The van der Waals surface area contributed by atoms with E-state index in [-0.39, 0.29) is 39.1 Å². The highest BCUT2D eigenvalue weighted by Gasteiger charge is 2.31. The zero-order valence-corrected chi connectivity index (χ0v) is 40.1. The van der Waals surface area contributed by atoms with Crippen LogP contribution in [0.3, 0.4) is 0 Å². The van der Waals surface area contributed by atoms with Crippen LogP contribution in [0.1, 0.15) is 41.6 Å². The number of sulfonamides is 2. The van der Waals surface area contributed by atoms with Crippen LogP contribution in [0.4, 0.5) is 10.1 Å². The zero-order valence-electron chi connectivity index (χ0n) is 35.3. The number of nitrogens with one attached hydrogen (secondary N) is 2. The summed E-state index contributed by atoms with van der Waals surface area (Å²) in [5.41, 5.74) is 3.38. The van der Waals surface area contributed by atoms with E-state index in [4.69, 9.17) is 23.2 Å². The van der Waals surface area contributed by atoms with E-state index in [2.05, 4.69) is 21.6 Å². The van der Waals surface area contributed by atoms with Gasteiger partial charge in [-0.3, -0.25) is 14.5 Å². The highest BCUT2D eigenvalue weighted by Crippen LogP contribution is 2.29. The van der Waals surface area contributed by atoms with E-state index in [0.717, 1.165) is 43.7 Å². The molecule has 2 aliphatic heterocycles. The number of para-hydroxylation sites is 1. The van der Waals surface area contributed by atoms with Crippen molar-refractivity contribution in [2.45, 2.75) is 28.1 Å². The second-order valence-electron chi connectivity index (χ2n) is 15.1. The number of thiophene rings is 2. The van der Waals surface area contributed by atoms with Gasteiger partial charge in [0.2, 0.25) is 0 Å². The Bertz CT molecular complexity index is 2900. The van der Waals surface area contributed by atoms with Gasteiger partial charge in [-0.05, 0) is 103 Å². The molecule has 6 aromatic rings. The summed E-state index contributed by atoms with van der Waals surface area (Å²) < 4.78 is 69.0. The Morgan fingerprint density at radius 3 is 1.53 bits per heavy atom. The summed E-state index contributed by atoms with van der Waals surface area (Å²) in [5, 5.41) is 16.0. The molecule has 0 spiro atoms. The number of piperazine rings is 2. The standard InChI is InChI=1S/C23H23ClFN3O3S2.C23H21ClN4O3S2/c24-19-5-3-18(4-6-19)23(29)26-15-21-9-10-22(32-21)33(30,31)28-13-11-27(12-14-28)16-17-1-7-20(25)8-2-17;24-19-7-5-17(6-8-19)23(29)26-16-20-9-10-22(32-20)33(30,31)28-13-11-27(12-14-28)21-4-2-1-3-18(21)15-25/h1-10H,11-16H2,(H,26,29);1-10H,11-14,16H2,(H,26,29). The summed E-state index contributed by atoms with van der Waals surface area (Å²) in [7, 11) is -7.22. The first-order valence-electron chi connectivity index (χ1n) is 20.7. The molecule has 4 aromatic carbocycles. The first-order valence-corrected chi connectivity index (χ1v) is 25.9. The van der Waals surface area contributed by atoms with Gasteiger partial charge < -0.3 is 15.5 Å². The topological polar surface area (TPSA) is 163 Å². The zero-order chi connectivity index (χ0) is 46.8. The quantitative estimate of drug-likeness (QED) is 0.118. The second kappa shape index (κ2) is 22.1. The normalized spacial score (nSPS) is 15.0. The maximum absolute atomic E-state index is 13.1. The number of benzene rings is 4. The second-order valence-corrected chi connectivity index (χ2v) is 22.7. The lowest BCUT2D eigenvalue weighted by Crippen LogP contribution is -2.48. The minimum absolute atomic E-state index is 0.236. The lowest BCUT2D eigenvalue weighted by atomic mass is 10.1. The Kier molecular flexibility index (Phi) is 16.3. The smallest absolute Gasteiger partial charge is 0.252 e. The number of halogens is 3. The number of hydrogen-bond donors (Lipinski definition) is 2. The highest BCUT2D eigenvalue weighted by atomic mass is 35.5. The molecule has 2 aliphatic rings. The average molecular weight is 1010 g/mol. The van der Waals surface area contributed by atoms with Crippen LogP contribution in [0.5, 0.6) is 0 Å². The van der Waals surface area contributed by atoms with E-state index in [1.165, 1.54) is 20.7 Å². The van der Waals surface area contributed by atoms with Crippen LogP contribution >= 0.6 is 45.9 Å². The molecule has 0 radical (unpaired) electrons. The van der Waals surface area contributed by atoms with Crippen molar-refractivity contribution in [1.29, 1.82) is 5.26 Å². The third kappa shape index (κ3) is 12.4. The Balaban J connectivity index is 0.000000196. The first-order chi connectivity index (χ1) is 31.7. The van der Waals surface area contributed by atoms with Gasteiger partial charge in [0.1, 0.15) is 20.3 Å². The van der Waals surface area contributed by atoms with E-state index < -0.39 is 20.0 Å². The van der Waals surface area contributed by atoms with Gasteiger partial charge in [-0.15, -0.1) is 22.7 Å². The number of carbonyl (C=O) groups is 2. The summed E-state index contributed by atoms with van der Waals surface area (Å²) in [4.78, 5) is 30.2. The van der Waals surface area contributed by atoms with Gasteiger partial charge >= 0.3 is 0 Å². The Morgan fingerprint density at radius 1 is 0.606 bits per heavy atom. The number of carbonyl (C=O) groups excluding carboxylic acids is 2. The summed E-state index contributed by atoms with van der Waals surface area (Å²) in [6.07, 6.45) is 0. The van der Waals surface area contributed by atoms with E-state index in [9.17, 15) is 36.1 Å². The van der Waals surface area contributed by atoms with Crippen LogP contribution in [-0.4, -0.2) is 94.5 Å². The number of nitrogens with zero attached hydrogens (tertiary/aromatic N) is 5. The molecule has 4 heterocycles. The van der Waals surface area contributed by atoms with Crippen LogP contribution < -0.4 is 15.5 Å². The molecule has 2 fully saturated rings. The average Bonchev–Trinajstić information content (AvgIpc) is 4.03. The first kappa shape index (κ1) is 48.7. The van der Waals surface area contributed by atoms with Crippen LogP contribution in [0.2, 0.25) is 10.0 Å². The molecule has 2 N–H and O–H groups in total. The number of nitriles is 1. The van der Waals surface area contributed by atoms with Crippen molar-refractivity contribution in [2.24, 2.45) is 0 Å². The number of hydrogen-bond acceptors (Lipinski definition) is 11. The molecule has 0 saturated carbocycles. The molecule has 0 aliphatic carbocycles. The monoisotopic (exact) mass is 1010 g/mol. The molecule has 8 rings (SSSR count). The molecule has 66 heavy (non-hydrogen) atoms.